The summed E-state index contributed by atoms with van der Waals surface area (Å²) in [6.45, 7) is 0. The quantitative estimate of drug-likeness (QED) is 0.801. The van der Waals surface area contributed by atoms with E-state index in [0.29, 0.717) is 0 Å². The van der Waals surface area contributed by atoms with E-state index in [-0.39, 0.29) is 6.10 Å². The number of halogens is 1. The topological polar surface area (TPSA) is 9.23 Å². The summed E-state index contributed by atoms with van der Waals surface area (Å²) in [5.74, 6) is 0. The third kappa shape index (κ3) is 3.24. The van der Waals surface area contributed by atoms with Gasteiger partial charge in [0.25, 0.3) is 0 Å². The number of hydrogen-bond donors (Lipinski definition) is 0. The van der Waals surface area contributed by atoms with E-state index in [1.807, 2.05) is 18.2 Å². The lowest BCUT2D eigenvalue weighted by molar-refractivity contribution is 0.172. The number of ether oxygens (including phenoxy) is 1. The average Bonchev–Trinajstić information content (AvgIpc) is 2.33. The first kappa shape index (κ1) is 11.5. The lowest BCUT2D eigenvalue weighted by atomic mass is 10.1. The molecule has 1 heterocycles. The number of allylic oxidation sites excluding steroid dienone is 2. The highest BCUT2D eigenvalue weighted by atomic mass is 79.9. The maximum absolute atomic E-state index is 5.47. The van der Waals surface area contributed by atoms with E-state index in [1.165, 1.54) is 10.0 Å². The molecule has 2 rings (SSSR count). The predicted octanol–water partition coefficient (Wildman–Crippen LogP) is 4.24. The molecule has 0 spiro atoms. The van der Waals surface area contributed by atoms with Gasteiger partial charge in [0.15, 0.2) is 0 Å². The zero-order valence-corrected chi connectivity index (χ0v) is 10.7. The molecule has 1 aliphatic rings. The van der Waals surface area contributed by atoms with Crippen LogP contribution >= 0.6 is 15.9 Å². The Labute approximate surface area is 105 Å². The summed E-state index contributed by atoms with van der Waals surface area (Å²) >= 11 is 3.57. The van der Waals surface area contributed by atoms with Gasteiger partial charge < -0.3 is 4.74 Å². The minimum absolute atomic E-state index is 0.257. The fraction of sp³-hybridized carbons (Fsp3) is 0.286. The summed E-state index contributed by atoms with van der Waals surface area (Å²) in [4.78, 5) is 0. The summed E-state index contributed by atoms with van der Waals surface area (Å²) in [6.07, 6.45) is 11.4. The van der Waals surface area contributed by atoms with Gasteiger partial charge in [-0.25, -0.2) is 0 Å². The van der Waals surface area contributed by atoms with Gasteiger partial charge in [-0.1, -0.05) is 40.2 Å². The first-order valence-electron chi connectivity index (χ1n) is 5.58. The fourth-order valence-corrected chi connectivity index (χ4v) is 2.27. The highest BCUT2D eigenvalue weighted by molar-refractivity contribution is 9.10. The zero-order chi connectivity index (χ0) is 11.2. The smallest absolute Gasteiger partial charge is 0.116 e. The molecule has 1 atom stereocenters. The third-order valence-corrected chi connectivity index (χ3v) is 3.44. The van der Waals surface area contributed by atoms with Gasteiger partial charge in [-0.3, -0.25) is 0 Å². The molecule has 0 fully saturated rings. The average molecular weight is 279 g/mol. The van der Waals surface area contributed by atoms with Gasteiger partial charge in [0.2, 0.25) is 0 Å². The van der Waals surface area contributed by atoms with Crippen LogP contribution in [0, 0.1) is 0 Å². The van der Waals surface area contributed by atoms with Crippen molar-refractivity contribution >= 4 is 15.9 Å². The molecule has 0 N–H and O–H groups in total. The second-order valence-corrected chi connectivity index (χ2v) is 4.73. The Hall–Kier alpha value is -1.02. The first-order chi connectivity index (χ1) is 7.86. The van der Waals surface area contributed by atoms with Gasteiger partial charge in [0.05, 0.1) is 6.26 Å². The van der Waals surface area contributed by atoms with Gasteiger partial charge in [-0.2, -0.15) is 0 Å². The Balaban J connectivity index is 1.78. The standard InChI is InChI=1S/C14H15BrO/c15-14-10-2-1-6-12(14)7-5-9-13-8-3-4-11-16-13/h1-4,6,8,10-11,13H,5,7,9H2. The molecule has 1 nitrogen and oxygen atoms in total. The Kier molecular flexibility index (Phi) is 4.23. The SMILES string of the molecule is Brc1ccccc1CCCC1C=CC=CO1. The van der Waals surface area contributed by atoms with Crippen molar-refractivity contribution < 1.29 is 4.74 Å². The molecule has 16 heavy (non-hydrogen) atoms. The van der Waals surface area contributed by atoms with Crippen LogP contribution < -0.4 is 0 Å². The third-order valence-electron chi connectivity index (χ3n) is 2.66. The Morgan fingerprint density at radius 1 is 1.19 bits per heavy atom. The Bertz CT molecular complexity index is 395. The van der Waals surface area contributed by atoms with Crippen molar-refractivity contribution in [2.24, 2.45) is 0 Å². The van der Waals surface area contributed by atoms with E-state index in [4.69, 9.17) is 4.74 Å². The van der Waals surface area contributed by atoms with Crippen LogP contribution in [0.5, 0.6) is 0 Å². The zero-order valence-electron chi connectivity index (χ0n) is 9.10. The second kappa shape index (κ2) is 5.90. The summed E-state index contributed by atoms with van der Waals surface area (Å²) in [5.41, 5.74) is 1.37. The fourth-order valence-electron chi connectivity index (χ4n) is 1.78. The van der Waals surface area contributed by atoms with Crippen molar-refractivity contribution in [1.29, 1.82) is 0 Å². The molecule has 0 saturated carbocycles. The minimum atomic E-state index is 0.257. The van der Waals surface area contributed by atoms with Crippen LogP contribution in [0.2, 0.25) is 0 Å². The molecule has 0 amide bonds. The molecule has 2 heteroatoms. The van der Waals surface area contributed by atoms with E-state index >= 15 is 0 Å². The lowest BCUT2D eigenvalue weighted by Gasteiger charge is -2.14. The van der Waals surface area contributed by atoms with Crippen LogP contribution in [0.1, 0.15) is 18.4 Å². The highest BCUT2D eigenvalue weighted by Gasteiger charge is 2.06. The van der Waals surface area contributed by atoms with E-state index < -0.39 is 0 Å². The van der Waals surface area contributed by atoms with Gasteiger partial charge in [0.1, 0.15) is 6.10 Å². The van der Waals surface area contributed by atoms with Crippen molar-refractivity contribution in [3.63, 3.8) is 0 Å². The maximum atomic E-state index is 5.47. The van der Waals surface area contributed by atoms with Crippen LogP contribution in [-0.2, 0) is 11.2 Å². The number of hydrogen-bond acceptors (Lipinski definition) is 1. The number of aryl methyl sites for hydroxylation is 1. The van der Waals surface area contributed by atoms with Crippen LogP contribution in [0.15, 0.2) is 53.2 Å². The summed E-state index contributed by atoms with van der Waals surface area (Å²) in [6, 6.07) is 8.39. The molecule has 0 bridgehead atoms. The highest BCUT2D eigenvalue weighted by Crippen LogP contribution is 2.19. The van der Waals surface area contributed by atoms with Crippen molar-refractivity contribution in [2.45, 2.75) is 25.4 Å². The molecule has 0 aromatic heterocycles. The Morgan fingerprint density at radius 3 is 2.81 bits per heavy atom. The molecule has 84 valence electrons. The van der Waals surface area contributed by atoms with Gasteiger partial charge in [0, 0.05) is 4.47 Å². The molecular weight excluding hydrogens is 264 g/mol. The summed E-state index contributed by atoms with van der Waals surface area (Å²) in [7, 11) is 0. The van der Waals surface area contributed by atoms with Crippen molar-refractivity contribution in [3.8, 4) is 0 Å². The van der Waals surface area contributed by atoms with Crippen LogP contribution in [0.25, 0.3) is 0 Å². The molecule has 0 radical (unpaired) electrons. The van der Waals surface area contributed by atoms with E-state index in [0.717, 1.165) is 19.3 Å². The van der Waals surface area contributed by atoms with Crippen molar-refractivity contribution in [2.75, 3.05) is 0 Å². The molecule has 1 aromatic carbocycles. The number of rotatable bonds is 4. The van der Waals surface area contributed by atoms with Crippen molar-refractivity contribution in [3.05, 3.63) is 58.8 Å². The lowest BCUT2D eigenvalue weighted by Crippen LogP contribution is -2.08. The van der Waals surface area contributed by atoms with E-state index in [2.05, 4.69) is 40.2 Å². The molecule has 1 aromatic rings. The van der Waals surface area contributed by atoms with E-state index in [1.54, 1.807) is 6.26 Å². The molecule has 1 aliphatic heterocycles. The second-order valence-electron chi connectivity index (χ2n) is 3.87. The normalized spacial score (nSPS) is 18.4. The number of benzene rings is 1. The molecular formula is C14H15BrO. The molecule has 0 saturated heterocycles. The van der Waals surface area contributed by atoms with Gasteiger partial charge >= 0.3 is 0 Å². The van der Waals surface area contributed by atoms with E-state index in [9.17, 15) is 0 Å². The van der Waals surface area contributed by atoms with Crippen LogP contribution in [0.3, 0.4) is 0 Å². The minimum Gasteiger partial charge on any atom is -0.494 e. The predicted molar refractivity (Wildman–Crippen MR) is 70.2 cm³/mol. The monoisotopic (exact) mass is 278 g/mol. The van der Waals surface area contributed by atoms with Gasteiger partial charge in [-0.05, 0) is 43.0 Å². The largest absolute Gasteiger partial charge is 0.494 e. The van der Waals surface area contributed by atoms with Crippen molar-refractivity contribution in [1.82, 2.24) is 0 Å². The summed E-state index contributed by atoms with van der Waals surface area (Å²) < 4.78 is 6.67. The van der Waals surface area contributed by atoms with Gasteiger partial charge in [-0.15, -0.1) is 0 Å². The molecule has 0 aliphatic carbocycles. The van der Waals surface area contributed by atoms with Crippen LogP contribution in [0.4, 0.5) is 0 Å². The summed E-state index contributed by atoms with van der Waals surface area (Å²) in [5, 5.41) is 0. The Morgan fingerprint density at radius 2 is 2.06 bits per heavy atom. The molecule has 1 unspecified atom stereocenters. The van der Waals surface area contributed by atoms with Crippen LogP contribution in [-0.4, -0.2) is 6.10 Å². The maximum Gasteiger partial charge on any atom is 0.116 e. The first-order valence-corrected chi connectivity index (χ1v) is 6.38.